The number of methoxy groups -OCH3 is 1. The summed E-state index contributed by atoms with van der Waals surface area (Å²) in [4.78, 5) is 14.4. The Labute approximate surface area is 204 Å². The van der Waals surface area contributed by atoms with Crippen LogP contribution in [0.15, 0.2) is 18.6 Å². The largest absolute Gasteiger partial charge is 0.493 e. The molecule has 4 aromatic heterocycles. The maximum atomic E-state index is 5.60. The summed E-state index contributed by atoms with van der Waals surface area (Å²) in [7, 11) is 1.68. The van der Waals surface area contributed by atoms with Gasteiger partial charge < -0.3 is 15.0 Å². The lowest BCUT2D eigenvalue weighted by molar-refractivity contribution is 0.164. The van der Waals surface area contributed by atoms with E-state index in [1.165, 1.54) is 60.3 Å². The zero-order valence-electron chi connectivity index (χ0n) is 20.5. The molecule has 0 saturated heterocycles. The lowest BCUT2D eigenvalue weighted by Gasteiger charge is -2.44. The highest BCUT2D eigenvalue weighted by molar-refractivity contribution is 7.18. The van der Waals surface area contributed by atoms with E-state index in [9.17, 15) is 0 Å². The number of aromatic amines is 1. The Hall–Kier alpha value is -2.45. The Morgan fingerprint density at radius 3 is 2.71 bits per heavy atom. The standard InChI is InChI=1S/C26H34N6OS/c1-15(2)20-21(17-12-19(33-4)23-27-14-28-32(23)13-17)29-25-22(20)30-24(34-25)16-6-8-18(9-7-16)31-26(3)10-5-11-26/h12-16,18,29,31H,5-11H2,1-4H3. The van der Waals surface area contributed by atoms with Crippen LogP contribution in [0.2, 0.25) is 0 Å². The second-order valence-electron chi connectivity index (χ2n) is 10.7. The van der Waals surface area contributed by atoms with Crippen LogP contribution in [0.5, 0.6) is 5.75 Å². The predicted molar refractivity (Wildman–Crippen MR) is 137 cm³/mol. The number of hydrogen-bond acceptors (Lipinski definition) is 6. The van der Waals surface area contributed by atoms with E-state index >= 15 is 0 Å². The van der Waals surface area contributed by atoms with Gasteiger partial charge in [-0.2, -0.15) is 5.10 Å². The Kier molecular flexibility index (Phi) is 5.41. The third kappa shape index (κ3) is 3.71. The number of thiazole rings is 1. The molecule has 0 radical (unpaired) electrons. The van der Waals surface area contributed by atoms with E-state index in [-0.39, 0.29) is 0 Å². The van der Waals surface area contributed by atoms with Crippen LogP contribution in [0.25, 0.3) is 27.3 Å². The van der Waals surface area contributed by atoms with Crippen LogP contribution in [-0.2, 0) is 0 Å². The van der Waals surface area contributed by atoms with Gasteiger partial charge in [0.25, 0.3) is 0 Å². The minimum Gasteiger partial charge on any atom is -0.493 e. The van der Waals surface area contributed by atoms with Gasteiger partial charge in [-0.1, -0.05) is 13.8 Å². The number of fused-ring (bicyclic) bond motifs is 2. The number of pyridine rings is 1. The minimum atomic E-state index is 0.347. The third-order valence-corrected chi connectivity index (χ3v) is 9.05. The van der Waals surface area contributed by atoms with E-state index in [0.29, 0.717) is 23.4 Å². The summed E-state index contributed by atoms with van der Waals surface area (Å²) < 4.78 is 7.38. The summed E-state index contributed by atoms with van der Waals surface area (Å²) in [5, 5.41) is 9.58. The molecule has 2 N–H and O–H groups in total. The number of nitrogens with zero attached hydrogens (tertiary/aromatic N) is 4. The van der Waals surface area contributed by atoms with Crippen LogP contribution in [0.3, 0.4) is 0 Å². The van der Waals surface area contributed by atoms with Crippen LogP contribution in [0.1, 0.15) is 88.1 Å². The number of H-pyrrole nitrogens is 1. The molecule has 0 spiro atoms. The second-order valence-corrected chi connectivity index (χ2v) is 11.8. The molecule has 4 heterocycles. The van der Waals surface area contributed by atoms with Gasteiger partial charge in [0.2, 0.25) is 0 Å². The Bertz CT molecular complexity index is 1320. The maximum Gasteiger partial charge on any atom is 0.197 e. The van der Waals surface area contributed by atoms with E-state index in [1.807, 2.05) is 23.6 Å². The number of nitrogens with one attached hydrogen (secondary N) is 2. The van der Waals surface area contributed by atoms with Crippen molar-refractivity contribution in [2.75, 3.05) is 7.11 Å². The first-order chi connectivity index (χ1) is 16.4. The summed E-state index contributed by atoms with van der Waals surface area (Å²) in [6, 6.07) is 2.72. The Balaban J connectivity index is 1.28. The highest BCUT2D eigenvalue weighted by Crippen LogP contribution is 2.43. The zero-order valence-corrected chi connectivity index (χ0v) is 21.3. The lowest BCUT2D eigenvalue weighted by atomic mass is 9.76. The summed E-state index contributed by atoms with van der Waals surface area (Å²) in [6.07, 6.45) is 12.6. The molecular formula is C26H34N6OS. The molecule has 2 aliphatic carbocycles. The van der Waals surface area contributed by atoms with Crippen molar-refractivity contribution in [2.45, 2.75) is 89.1 Å². The molecule has 0 bridgehead atoms. The van der Waals surface area contributed by atoms with Gasteiger partial charge in [-0.05, 0) is 63.9 Å². The summed E-state index contributed by atoms with van der Waals surface area (Å²) in [6.45, 7) is 6.88. The fraction of sp³-hybridized carbons (Fsp3) is 0.577. The maximum absolute atomic E-state index is 5.60. The molecule has 2 fully saturated rings. The molecule has 2 aliphatic rings. The third-order valence-electron chi connectivity index (χ3n) is 7.92. The summed E-state index contributed by atoms with van der Waals surface area (Å²) in [5.41, 5.74) is 5.67. The van der Waals surface area contributed by atoms with E-state index in [2.05, 4.69) is 41.2 Å². The Morgan fingerprint density at radius 1 is 1.24 bits per heavy atom. The van der Waals surface area contributed by atoms with Crippen molar-refractivity contribution in [3.05, 3.63) is 29.2 Å². The van der Waals surface area contributed by atoms with Crippen molar-refractivity contribution in [3.63, 3.8) is 0 Å². The van der Waals surface area contributed by atoms with Gasteiger partial charge in [-0.3, -0.25) is 0 Å². The highest BCUT2D eigenvalue weighted by Gasteiger charge is 2.35. The van der Waals surface area contributed by atoms with Crippen LogP contribution >= 0.6 is 11.3 Å². The molecule has 0 unspecified atom stereocenters. The monoisotopic (exact) mass is 478 g/mol. The fourth-order valence-corrected chi connectivity index (χ4v) is 7.03. The van der Waals surface area contributed by atoms with Gasteiger partial charge in [-0.25, -0.2) is 14.5 Å². The average Bonchev–Trinajstić information content (AvgIpc) is 3.51. The van der Waals surface area contributed by atoms with Crippen LogP contribution in [0.4, 0.5) is 0 Å². The molecule has 7 nitrogen and oxygen atoms in total. The van der Waals surface area contributed by atoms with Crippen LogP contribution in [0, 0.1) is 0 Å². The fourth-order valence-electron chi connectivity index (χ4n) is 5.88. The van der Waals surface area contributed by atoms with Crippen molar-refractivity contribution in [2.24, 2.45) is 0 Å². The van der Waals surface area contributed by atoms with Crippen molar-refractivity contribution < 1.29 is 4.74 Å². The number of ether oxygens (including phenoxy) is 1. The van der Waals surface area contributed by atoms with E-state index < -0.39 is 0 Å². The van der Waals surface area contributed by atoms with E-state index in [1.54, 1.807) is 18.0 Å². The molecule has 2 saturated carbocycles. The van der Waals surface area contributed by atoms with Crippen molar-refractivity contribution in [3.8, 4) is 17.0 Å². The smallest absolute Gasteiger partial charge is 0.197 e. The van der Waals surface area contributed by atoms with Gasteiger partial charge >= 0.3 is 0 Å². The molecule has 180 valence electrons. The molecule has 0 aliphatic heterocycles. The lowest BCUT2D eigenvalue weighted by Crippen LogP contribution is -2.53. The molecule has 6 rings (SSSR count). The van der Waals surface area contributed by atoms with E-state index in [0.717, 1.165) is 28.2 Å². The van der Waals surface area contributed by atoms with Crippen molar-refractivity contribution in [1.29, 1.82) is 0 Å². The first-order valence-corrected chi connectivity index (χ1v) is 13.4. The normalized spacial score (nSPS) is 22.5. The topological polar surface area (TPSA) is 80.1 Å². The Morgan fingerprint density at radius 2 is 2.03 bits per heavy atom. The van der Waals surface area contributed by atoms with Crippen LogP contribution in [-0.4, -0.2) is 43.3 Å². The minimum absolute atomic E-state index is 0.347. The summed E-state index contributed by atoms with van der Waals surface area (Å²) >= 11 is 1.84. The second kappa shape index (κ2) is 8.34. The first-order valence-electron chi connectivity index (χ1n) is 12.6. The highest BCUT2D eigenvalue weighted by atomic mass is 32.1. The molecule has 34 heavy (non-hydrogen) atoms. The average molecular weight is 479 g/mol. The van der Waals surface area contributed by atoms with Gasteiger partial charge in [0.15, 0.2) is 11.4 Å². The number of aromatic nitrogens is 5. The molecule has 0 aromatic carbocycles. The van der Waals surface area contributed by atoms with Gasteiger partial charge in [0.05, 0.1) is 17.8 Å². The zero-order chi connectivity index (χ0) is 23.4. The predicted octanol–water partition coefficient (Wildman–Crippen LogP) is 6.02. The van der Waals surface area contributed by atoms with Crippen LogP contribution < -0.4 is 10.1 Å². The quantitative estimate of drug-likeness (QED) is 0.354. The molecule has 8 heteroatoms. The summed E-state index contributed by atoms with van der Waals surface area (Å²) in [5.74, 6) is 1.64. The molecule has 0 atom stereocenters. The van der Waals surface area contributed by atoms with Gasteiger partial charge in [-0.15, -0.1) is 11.3 Å². The SMILES string of the molecule is COc1cc(-c2[nH]c3sc(C4CCC(NC5(C)CCC5)CC4)nc3c2C(C)C)cn2ncnc12. The number of rotatable bonds is 6. The van der Waals surface area contributed by atoms with Gasteiger partial charge in [0, 0.05) is 34.8 Å². The number of hydrogen-bond donors (Lipinski definition) is 2. The van der Waals surface area contributed by atoms with Crippen molar-refractivity contribution >= 4 is 27.3 Å². The van der Waals surface area contributed by atoms with E-state index in [4.69, 9.17) is 9.72 Å². The van der Waals surface area contributed by atoms with Crippen molar-refractivity contribution in [1.82, 2.24) is 29.9 Å². The first kappa shape index (κ1) is 22.0. The molecular weight excluding hydrogens is 444 g/mol. The molecule has 4 aromatic rings. The van der Waals surface area contributed by atoms with Gasteiger partial charge in [0.1, 0.15) is 16.7 Å². The molecule has 0 amide bonds.